The van der Waals surface area contributed by atoms with Gasteiger partial charge in [0.2, 0.25) is 0 Å². The molecule has 2 heterocycles. The highest BCUT2D eigenvalue weighted by molar-refractivity contribution is 7.10. The van der Waals surface area contributed by atoms with Crippen LogP contribution in [0, 0.1) is 0 Å². The summed E-state index contributed by atoms with van der Waals surface area (Å²) in [5, 5.41) is 9.13. The Morgan fingerprint density at radius 1 is 1.00 bits per heavy atom. The lowest BCUT2D eigenvalue weighted by Gasteiger charge is -2.24. The van der Waals surface area contributed by atoms with Crippen molar-refractivity contribution in [2.45, 2.75) is 12.6 Å². The highest BCUT2D eigenvalue weighted by Gasteiger charge is 2.33. The van der Waals surface area contributed by atoms with E-state index in [1.807, 2.05) is 12.1 Å². The Hall–Kier alpha value is -1.48. The molecule has 1 aromatic carbocycles. The van der Waals surface area contributed by atoms with Crippen molar-refractivity contribution in [1.82, 2.24) is 0 Å². The first-order chi connectivity index (χ1) is 7.28. The third-order valence-electron chi connectivity index (χ3n) is 2.71. The highest BCUT2D eigenvalue weighted by Crippen LogP contribution is 2.40. The minimum atomic E-state index is -0.155. The molecular formula is C12H12N2S. The molecule has 0 radical (unpaired) electrons. The fourth-order valence-electron chi connectivity index (χ4n) is 1.96. The second kappa shape index (κ2) is 3.00. The van der Waals surface area contributed by atoms with Gasteiger partial charge in [-0.15, -0.1) is 11.3 Å². The molecule has 76 valence electrons. The summed E-state index contributed by atoms with van der Waals surface area (Å²) >= 11 is 1.76. The molecule has 0 unspecified atom stereocenters. The molecule has 2 N–H and O–H groups in total. The highest BCUT2D eigenvalue weighted by atomic mass is 32.1. The number of para-hydroxylation sites is 2. The van der Waals surface area contributed by atoms with Crippen LogP contribution >= 0.6 is 11.3 Å². The van der Waals surface area contributed by atoms with Crippen LogP contribution < -0.4 is 10.6 Å². The lowest BCUT2D eigenvalue weighted by atomic mass is 10.2. The third kappa shape index (κ3) is 1.31. The van der Waals surface area contributed by atoms with Crippen LogP contribution in [0.1, 0.15) is 11.8 Å². The molecule has 1 aliphatic rings. The van der Waals surface area contributed by atoms with Crippen molar-refractivity contribution in [3.05, 3.63) is 46.7 Å². The minimum absolute atomic E-state index is 0.155. The molecule has 1 aromatic heterocycles. The van der Waals surface area contributed by atoms with E-state index in [9.17, 15) is 0 Å². The summed E-state index contributed by atoms with van der Waals surface area (Å²) in [4.78, 5) is 1.30. The Kier molecular flexibility index (Phi) is 1.76. The van der Waals surface area contributed by atoms with Crippen LogP contribution in [0.3, 0.4) is 0 Å². The van der Waals surface area contributed by atoms with Crippen LogP contribution in [0.15, 0.2) is 41.8 Å². The van der Waals surface area contributed by atoms with Crippen LogP contribution in [0.4, 0.5) is 11.4 Å². The molecule has 15 heavy (non-hydrogen) atoms. The van der Waals surface area contributed by atoms with E-state index in [0.717, 1.165) is 0 Å². The molecular weight excluding hydrogens is 204 g/mol. The van der Waals surface area contributed by atoms with Gasteiger partial charge in [0.25, 0.3) is 0 Å². The van der Waals surface area contributed by atoms with E-state index in [-0.39, 0.29) is 5.66 Å². The Labute approximate surface area is 93.0 Å². The number of thiophene rings is 1. The number of hydrogen-bond donors (Lipinski definition) is 2. The summed E-state index contributed by atoms with van der Waals surface area (Å²) in [5.74, 6) is 0. The normalized spacial score (nSPS) is 16.6. The van der Waals surface area contributed by atoms with E-state index in [1.165, 1.54) is 16.3 Å². The number of rotatable bonds is 1. The molecule has 0 saturated heterocycles. The molecule has 0 spiro atoms. The van der Waals surface area contributed by atoms with E-state index in [1.54, 1.807) is 11.3 Å². The van der Waals surface area contributed by atoms with Crippen molar-refractivity contribution < 1.29 is 0 Å². The van der Waals surface area contributed by atoms with Crippen molar-refractivity contribution in [2.75, 3.05) is 10.6 Å². The van der Waals surface area contributed by atoms with Crippen LogP contribution in [0.5, 0.6) is 0 Å². The van der Waals surface area contributed by atoms with Gasteiger partial charge in [-0.3, -0.25) is 0 Å². The van der Waals surface area contributed by atoms with Gasteiger partial charge in [-0.25, -0.2) is 0 Å². The Morgan fingerprint density at radius 2 is 1.67 bits per heavy atom. The fourth-order valence-corrected chi connectivity index (χ4v) is 2.76. The molecule has 0 saturated carbocycles. The van der Waals surface area contributed by atoms with E-state index in [0.29, 0.717) is 0 Å². The van der Waals surface area contributed by atoms with Crippen molar-refractivity contribution in [3.63, 3.8) is 0 Å². The first kappa shape index (κ1) is 8.80. The molecule has 0 aliphatic carbocycles. The summed E-state index contributed by atoms with van der Waals surface area (Å²) in [6.07, 6.45) is 0. The maximum atomic E-state index is 3.51. The number of nitrogens with one attached hydrogen (secondary N) is 2. The standard InChI is InChI=1S/C12H12N2S/c1-12(11-7-4-8-15-11)13-9-5-2-3-6-10(9)14-12/h2-8,13-14H,1H3. The van der Waals surface area contributed by atoms with Gasteiger partial charge in [0.1, 0.15) is 5.66 Å². The van der Waals surface area contributed by atoms with Crippen molar-refractivity contribution in [3.8, 4) is 0 Å². The molecule has 0 amide bonds. The number of anilines is 2. The molecule has 3 heteroatoms. The van der Waals surface area contributed by atoms with E-state index in [4.69, 9.17) is 0 Å². The summed E-state index contributed by atoms with van der Waals surface area (Å²) in [7, 11) is 0. The summed E-state index contributed by atoms with van der Waals surface area (Å²) in [6.45, 7) is 2.17. The summed E-state index contributed by atoms with van der Waals surface area (Å²) in [6, 6.07) is 12.5. The van der Waals surface area contributed by atoms with Crippen molar-refractivity contribution in [1.29, 1.82) is 0 Å². The van der Waals surface area contributed by atoms with Gasteiger partial charge >= 0.3 is 0 Å². The molecule has 0 fully saturated rings. The lowest BCUT2D eigenvalue weighted by Crippen LogP contribution is -2.33. The SMILES string of the molecule is CC1(c2cccs2)Nc2ccccc2N1. The topological polar surface area (TPSA) is 24.1 Å². The zero-order valence-corrected chi connectivity index (χ0v) is 9.27. The zero-order chi connectivity index (χ0) is 10.3. The van der Waals surface area contributed by atoms with Crippen LogP contribution in [-0.2, 0) is 5.66 Å². The molecule has 2 aromatic rings. The van der Waals surface area contributed by atoms with Gasteiger partial charge in [0.15, 0.2) is 0 Å². The number of benzene rings is 1. The first-order valence-corrected chi connectivity index (χ1v) is 5.85. The van der Waals surface area contributed by atoms with Gasteiger partial charge in [0.05, 0.1) is 11.4 Å². The molecule has 2 nitrogen and oxygen atoms in total. The average Bonchev–Trinajstić information content (AvgIpc) is 2.83. The first-order valence-electron chi connectivity index (χ1n) is 4.97. The van der Waals surface area contributed by atoms with Crippen molar-refractivity contribution in [2.24, 2.45) is 0 Å². The summed E-state index contributed by atoms with van der Waals surface area (Å²) in [5.41, 5.74) is 2.19. The van der Waals surface area contributed by atoms with Gasteiger partial charge in [0, 0.05) is 4.88 Å². The monoisotopic (exact) mass is 216 g/mol. The maximum absolute atomic E-state index is 3.51. The van der Waals surface area contributed by atoms with Crippen molar-refractivity contribution >= 4 is 22.7 Å². The van der Waals surface area contributed by atoms with Gasteiger partial charge in [-0.2, -0.15) is 0 Å². The zero-order valence-electron chi connectivity index (χ0n) is 8.45. The van der Waals surface area contributed by atoms with Gasteiger partial charge in [-0.1, -0.05) is 18.2 Å². The largest absolute Gasteiger partial charge is 0.357 e. The molecule has 3 rings (SSSR count). The maximum Gasteiger partial charge on any atom is 0.141 e. The molecule has 0 atom stereocenters. The smallest absolute Gasteiger partial charge is 0.141 e. The number of fused-ring (bicyclic) bond motifs is 1. The minimum Gasteiger partial charge on any atom is -0.357 e. The van der Waals surface area contributed by atoms with Gasteiger partial charge in [-0.05, 0) is 30.5 Å². The predicted molar refractivity (Wildman–Crippen MR) is 65.4 cm³/mol. The lowest BCUT2D eigenvalue weighted by molar-refractivity contribution is 0.666. The van der Waals surface area contributed by atoms with E-state index < -0.39 is 0 Å². The van der Waals surface area contributed by atoms with E-state index >= 15 is 0 Å². The van der Waals surface area contributed by atoms with Crippen LogP contribution in [0.2, 0.25) is 0 Å². The Bertz CT molecular complexity index is 451. The molecule has 1 aliphatic heterocycles. The number of hydrogen-bond acceptors (Lipinski definition) is 3. The van der Waals surface area contributed by atoms with Crippen LogP contribution in [-0.4, -0.2) is 0 Å². The second-order valence-electron chi connectivity index (χ2n) is 3.90. The van der Waals surface area contributed by atoms with Crippen LogP contribution in [0.25, 0.3) is 0 Å². The average molecular weight is 216 g/mol. The second-order valence-corrected chi connectivity index (χ2v) is 4.85. The van der Waals surface area contributed by atoms with Gasteiger partial charge < -0.3 is 10.6 Å². The quantitative estimate of drug-likeness (QED) is 0.762. The fraction of sp³-hybridized carbons (Fsp3) is 0.167. The Morgan fingerprint density at radius 3 is 2.20 bits per heavy atom. The molecule has 0 bridgehead atoms. The predicted octanol–water partition coefficient (Wildman–Crippen LogP) is 3.46. The summed E-state index contributed by atoms with van der Waals surface area (Å²) < 4.78 is 0. The Balaban J connectivity index is 2.01. The van der Waals surface area contributed by atoms with E-state index in [2.05, 4.69) is 47.2 Å². The third-order valence-corrected chi connectivity index (χ3v) is 3.80.